The molecule has 0 aliphatic heterocycles. The molecule has 1 aromatic carbocycles. The molecule has 0 radical (unpaired) electrons. The van der Waals surface area contributed by atoms with Crippen LogP contribution >= 0.6 is 11.6 Å². The van der Waals surface area contributed by atoms with E-state index in [4.69, 9.17) is 16.3 Å². The number of rotatable bonds is 5. The Morgan fingerprint density at radius 3 is 2.53 bits per heavy atom. The van der Waals surface area contributed by atoms with Crippen LogP contribution in [0.1, 0.15) is 34.1 Å². The minimum atomic E-state index is -0.389. The quantitative estimate of drug-likeness (QED) is 0.826. The Morgan fingerprint density at radius 1 is 1.37 bits per heavy atom. The molecule has 0 amide bonds. The number of benzene rings is 1. The van der Waals surface area contributed by atoms with Crippen molar-refractivity contribution in [3.05, 3.63) is 29.3 Å². The number of carbonyl (C=O) groups excluding carboxylic acids is 1. The summed E-state index contributed by atoms with van der Waals surface area (Å²) in [4.78, 5) is 12.0. The molecule has 1 N–H and O–H groups in total. The highest BCUT2D eigenvalue weighted by Crippen LogP contribution is 2.26. The van der Waals surface area contributed by atoms with Gasteiger partial charge in [-0.2, -0.15) is 0 Å². The van der Waals surface area contributed by atoms with Gasteiger partial charge in [0.1, 0.15) is 6.04 Å². The number of nitrogens with one attached hydrogen (secondary N) is 1. The number of ether oxygens (including phenoxy) is 1. The molecule has 0 fully saturated rings. The second-order valence-corrected chi connectivity index (χ2v) is 6.10. The average molecular weight is 284 g/mol. The van der Waals surface area contributed by atoms with Crippen molar-refractivity contribution in [3.63, 3.8) is 0 Å². The van der Waals surface area contributed by atoms with Gasteiger partial charge in [0.2, 0.25) is 0 Å². The summed E-state index contributed by atoms with van der Waals surface area (Å²) in [6.45, 7) is 8.46. The molecule has 1 unspecified atom stereocenters. The summed E-state index contributed by atoms with van der Waals surface area (Å²) < 4.78 is 5.12. The van der Waals surface area contributed by atoms with E-state index in [0.717, 1.165) is 5.69 Å². The van der Waals surface area contributed by atoms with Crippen molar-refractivity contribution >= 4 is 23.3 Å². The predicted octanol–water partition coefficient (Wildman–Crippen LogP) is 4.12. The Balaban J connectivity index is 2.85. The maximum absolute atomic E-state index is 12.0. The van der Waals surface area contributed by atoms with Gasteiger partial charge in [-0.3, -0.25) is 0 Å². The second kappa shape index (κ2) is 6.80. The number of halogens is 1. The smallest absolute Gasteiger partial charge is 0.328 e. The highest BCUT2D eigenvalue weighted by molar-refractivity contribution is 6.33. The number of carbonyl (C=O) groups is 1. The number of hydrogen-bond donors (Lipinski definition) is 1. The van der Waals surface area contributed by atoms with E-state index in [1.54, 1.807) is 6.07 Å². The summed E-state index contributed by atoms with van der Waals surface area (Å²) in [7, 11) is 0. The molecule has 1 rings (SSSR count). The van der Waals surface area contributed by atoms with E-state index < -0.39 is 0 Å². The highest BCUT2D eigenvalue weighted by Gasteiger charge is 2.26. The van der Waals surface area contributed by atoms with Crippen molar-refractivity contribution in [3.8, 4) is 0 Å². The van der Waals surface area contributed by atoms with E-state index in [1.807, 2.05) is 25.1 Å². The third-order valence-electron chi connectivity index (χ3n) is 2.59. The van der Waals surface area contributed by atoms with Crippen LogP contribution in [0.25, 0.3) is 0 Å². The van der Waals surface area contributed by atoms with Gasteiger partial charge in [0.05, 0.1) is 17.3 Å². The molecule has 4 heteroatoms. The number of hydrogen-bond acceptors (Lipinski definition) is 3. The van der Waals surface area contributed by atoms with Crippen molar-refractivity contribution < 1.29 is 9.53 Å². The third-order valence-corrected chi connectivity index (χ3v) is 2.92. The van der Waals surface area contributed by atoms with Gasteiger partial charge in [0, 0.05) is 0 Å². The van der Waals surface area contributed by atoms with Crippen LogP contribution in [0.4, 0.5) is 5.69 Å². The zero-order valence-corrected chi connectivity index (χ0v) is 12.8. The first-order valence-electron chi connectivity index (χ1n) is 6.51. The molecule has 0 aliphatic rings. The first-order chi connectivity index (χ1) is 8.83. The lowest BCUT2D eigenvalue weighted by atomic mass is 9.88. The van der Waals surface area contributed by atoms with Crippen molar-refractivity contribution in [2.45, 2.75) is 40.2 Å². The van der Waals surface area contributed by atoms with Crippen LogP contribution in [0.15, 0.2) is 24.3 Å². The average Bonchev–Trinajstić information content (AvgIpc) is 2.29. The number of esters is 1. The van der Waals surface area contributed by atoms with Crippen molar-refractivity contribution in [2.75, 3.05) is 11.9 Å². The van der Waals surface area contributed by atoms with Gasteiger partial charge in [-0.15, -0.1) is 0 Å². The molecule has 1 aromatic rings. The number of para-hydroxylation sites is 1. The van der Waals surface area contributed by atoms with Gasteiger partial charge >= 0.3 is 5.97 Å². The topological polar surface area (TPSA) is 38.3 Å². The molecule has 0 saturated carbocycles. The fraction of sp³-hybridized carbons (Fsp3) is 0.533. The Hall–Kier alpha value is -1.22. The molecule has 106 valence electrons. The van der Waals surface area contributed by atoms with Crippen molar-refractivity contribution in [1.29, 1.82) is 0 Å². The van der Waals surface area contributed by atoms with Crippen LogP contribution in [-0.2, 0) is 9.53 Å². The van der Waals surface area contributed by atoms with Gasteiger partial charge in [-0.1, -0.05) is 44.5 Å². The summed E-state index contributed by atoms with van der Waals surface area (Å²) in [5.74, 6) is -0.239. The fourth-order valence-electron chi connectivity index (χ4n) is 1.81. The fourth-order valence-corrected chi connectivity index (χ4v) is 2.00. The Bertz CT molecular complexity index is 426. The van der Waals surface area contributed by atoms with Gasteiger partial charge in [0.15, 0.2) is 0 Å². The lowest BCUT2D eigenvalue weighted by molar-refractivity contribution is -0.144. The summed E-state index contributed by atoms with van der Waals surface area (Å²) in [6, 6.07) is 7.00. The normalized spacial score (nSPS) is 12.9. The maximum Gasteiger partial charge on any atom is 0.328 e. The third kappa shape index (κ3) is 5.52. The molecular formula is C15H22ClNO2. The van der Waals surface area contributed by atoms with Crippen LogP contribution in [-0.4, -0.2) is 18.6 Å². The minimum Gasteiger partial charge on any atom is -0.464 e. The van der Waals surface area contributed by atoms with Gasteiger partial charge < -0.3 is 10.1 Å². The van der Waals surface area contributed by atoms with Gasteiger partial charge in [-0.25, -0.2) is 4.79 Å². The van der Waals surface area contributed by atoms with Gasteiger partial charge in [-0.05, 0) is 30.9 Å². The Labute approximate surface area is 120 Å². The van der Waals surface area contributed by atoms with Crippen LogP contribution in [0.2, 0.25) is 5.02 Å². The minimum absolute atomic E-state index is 0.0195. The second-order valence-electron chi connectivity index (χ2n) is 5.69. The molecule has 0 spiro atoms. The lowest BCUT2D eigenvalue weighted by Gasteiger charge is -2.26. The molecule has 1 atom stereocenters. The van der Waals surface area contributed by atoms with E-state index in [1.165, 1.54) is 0 Å². The SMILES string of the molecule is CCOC(=O)C(CC(C)(C)C)Nc1ccccc1Cl. The molecule has 0 heterocycles. The highest BCUT2D eigenvalue weighted by atomic mass is 35.5. The Kier molecular flexibility index (Phi) is 5.67. The van der Waals surface area contributed by atoms with Crippen LogP contribution in [0.3, 0.4) is 0 Å². The summed E-state index contributed by atoms with van der Waals surface area (Å²) in [6.07, 6.45) is 0.678. The van der Waals surface area contributed by atoms with Crippen molar-refractivity contribution in [2.24, 2.45) is 5.41 Å². The van der Waals surface area contributed by atoms with Gasteiger partial charge in [0.25, 0.3) is 0 Å². The molecular weight excluding hydrogens is 262 g/mol. The number of anilines is 1. The van der Waals surface area contributed by atoms with E-state index in [0.29, 0.717) is 18.1 Å². The molecule has 0 bridgehead atoms. The maximum atomic E-state index is 12.0. The molecule has 0 saturated heterocycles. The van der Waals surface area contributed by atoms with E-state index >= 15 is 0 Å². The molecule has 3 nitrogen and oxygen atoms in total. The van der Waals surface area contributed by atoms with Crippen LogP contribution in [0.5, 0.6) is 0 Å². The summed E-state index contributed by atoms with van der Waals surface area (Å²) in [5, 5.41) is 3.78. The molecule has 0 aromatic heterocycles. The summed E-state index contributed by atoms with van der Waals surface area (Å²) in [5.41, 5.74) is 0.776. The standard InChI is InChI=1S/C15H22ClNO2/c1-5-19-14(18)13(10-15(2,3)4)17-12-9-7-6-8-11(12)16/h6-9,13,17H,5,10H2,1-4H3. The largest absolute Gasteiger partial charge is 0.464 e. The van der Waals surface area contributed by atoms with Crippen LogP contribution in [0, 0.1) is 5.41 Å². The van der Waals surface area contributed by atoms with E-state index in [-0.39, 0.29) is 17.4 Å². The monoisotopic (exact) mass is 283 g/mol. The summed E-state index contributed by atoms with van der Waals surface area (Å²) >= 11 is 6.11. The molecule has 19 heavy (non-hydrogen) atoms. The van der Waals surface area contributed by atoms with E-state index in [2.05, 4.69) is 26.1 Å². The van der Waals surface area contributed by atoms with Crippen molar-refractivity contribution in [1.82, 2.24) is 0 Å². The Morgan fingerprint density at radius 2 is 2.00 bits per heavy atom. The van der Waals surface area contributed by atoms with Crippen LogP contribution < -0.4 is 5.32 Å². The van der Waals surface area contributed by atoms with E-state index in [9.17, 15) is 4.79 Å². The lowest BCUT2D eigenvalue weighted by Crippen LogP contribution is -2.35. The zero-order valence-electron chi connectivity index (χ0n) is 12.0. The first kappa shape index (κ1) is 15.8. The first-order valence-corrected chi connectivity index (χ1v) is 6.89. The molecule has 0 aliphatic carbocycles. The zero-order chi connectivity index (χ0) is 14.5. The predicted molar refractivity (Wildman–Crippen MR) is 79.6 cm³/mol.